The SMILES string of the molecule is CC(C)[C@H]1COC(C2CCCC2)N1. The summed E-state index contributed by atoms with van der Waals surface area (Å²) in [4.78, 5) is 0. The summed E-state index contributed by atoms with van der Waals surface area (Å²) < 4.78 is 5.80. The summed E-state index contributed by atoms with van der Waals surface area (Å²) in [5.41, 5.74) is 0. The molecule has 0 spiro atoms. The molecule has 2 atom stereocenters. The molecule has 2 aliphatic rings. The fraction of sp³-hybridized carbons (Fsp3) is 1.00. The highest BCUT2D eigenvalue weighted by Gasteiger charge is 2.33. The molecule has 1 N–H and O–H groups in total. The van der Waals surface area contributed by atoms with Crippen LogP contribution in [0.15, 0.2) is 0 Å². The molecule has 1 heterocycles. The van der Waals surface area contributed by atoms with Gasteiger partial charge in [-0.1, -0.05) is 26.7 Å². The van der Waals surface area contributed by atoms with Crippen molar-refractivity contribution in [3.8, 4) is 0 Å². The Morgan fingerprint density at radius 3 is 2.46 bits per heavy atom. The van der Waals surface area contributed by atoms with Gasteiger partial charge in [0.05, 0.1) is 6.61 Å². The minimum Gasteiger partial charge on any atom is -0.361 e. The molecule has 2 rings (SSSR count). The highest BCUT2D eigenvalue weighted by molar-refractivity contribution is 4.84. The van der Waals surface area contributed by atoms with Crippen LogP contribution in [0.1, 0.15) is 39.5 Å². The second kappa shape index (κ2) is 3.97. The van der Waals surface area contributed by atoms with E-state index in [1.165, 1.54) is 25.7 Å². The lowest BCUT2D eigenvalue weighted by atomic mass is 10.0. The molecule has 2 heteroatoms. The minimum absolute atomic E-state index is 0.370. The molecule has 1 unspecified atom stereocenters. The standard InChI is InChI=1S/C11H21NO/c1-8(2)10-7-13-11(12-10)9-5-3-4-6-9/h8-12H,3-7H2,1-2H3/t10-,11?/m1/s1. The van der Waals surface area contributed by atoms with Crippen molar-refractivity contribution in [3.05, 3.63) is 0 Å². The quantitative estimate of drug-likeness (QED) is 0.708. The van der Waals surface area contributed by atoms with Crippen LogP contribution >= 0.6 is 0 Å². The van der Waals surface area contributed by atoms with E-state index in [0.29, 0.717) is 18.2 Å². The molecular formula is C11H21NO. The summed E-state index contributed by atoms with van der Waals surface area (Å²) in [6, 6.07) is 0.589. The first-order chi connectivity index (χ1) is 6.27. The van der Waals surface area contributed by atoms with Crippen LogP contribution in [-0.4, -0.2) is 18.9 Å². The Morgan fingerprint density at radius 1 is 1.23 bits per heavy atom. The highest BCUT2D eigenvalue weighted by atomic mass is 16.5. The molecule has 0 aromatic rings. The van der Waals surface area contributed by atoms with Crippen molar-refractivity contribution in [2.45, 2.75) is 51.8 Å². The fourth-order valence-electron chi connectivity index (χ4n) is 2.43. The van der Waals surface area contributed by atoms with Crippen LogP contribution in [0.2, 0.25) is 0 Å². The first-order valence-electron chi connectivity index (χ1n) is 5.65. The summed E-state index contributed by atoms with van der Waals surface area (Å²) in [5, 5.41) is 3.61. The lowest BCUT2D eigenvalue weighted by Crippen LogP contribution is -2.37. The summed E-state index contributed by atoms with van der Waals surface area (Å²) in [5.74, 6) is 1.50. The Labute approximate surface area is 81.0 Å². The molecule has 0 aromatic heterocycles. The summed E-state index contributed by atoms with van der Waals surface area (Å²) in [6.45, 7) is 5.44. The van der Waals surface area contributed by atoms with Crippen LogP contribution in [0.25, 0.3) is 0 Å². The maximum Gasteiger partial charge on any atom is 0.111 e. The Morgan fingerprint density at radius 2 is 1.92 bits per heavy atom. The van der Waals surface area contributed by atoms with Crippen molar-refractivity contribution in [1.29, 1.82) is 0 Å². The summed E-state index contributed by atoms with van der Waals surface area (Å²) in [7, 11) is 0. The third-order valence-corrected chi connectivity index (χ3v) is 3.47. The smallest absolute Gasteiger partial charge is 0.111 e. The second-order valence-electron chi connectivity index (χ2n) is 4.82. The van der Waals surface area contributed by atoms with E-state index in [4.69, 9.17) is 4.74 Å². The molecule has 76 valence electrons. The van der Waals surface area contributed by atoms with E-state index in [1.54, 1.807) is 0 Å². The zero-order valence-electron chi connectivity index (χ0n) is 8.75. The lowest BCUT2D eigenvalue weighted by molar-refractivity contribution is 0.0537. The van der Waals surface area contributed by atoms with Gasteiger partial charge in [-0.25, -0.2) is 0 Å². The van der Waals surface area contributed by atoms with Crippen LogP contribution in [0, 0.1) is 11.8 Å². The van der Waals surface area contributed by atoms with Crippen molar-refractivity contribution in [2.75, 3.05) is 6.61 Å². The molecule has 13 heavy (non-hydrogen) atoms. The molecule has 2 nitrogen and oxygen atoms in total. The maximum atomic E-state index is 5.80. The van der Waals surface area contributed by atoms with Gasteiger partial charge in [0.1, 0.15) is 6.23 Å². The topological polar surface area (TPSA) is 21.3 Å². The van der Waals surface area contributed by atoms with Crippen LogP contribution in [-0.2, 0) is 4.74 Å². The monoisotopic (exact) mass is 183 g/mol. The molecular weight excluding hydrogens is 162 g/mol. The minimum atomic E-state index is 0.370. The third-order valence-electron chi connectivity index (χ3n) is 3.47. The van der Waals surface area contributed by atoms with E-state index in [0.717, 1.165) is 12.5 Å². The molecule has 0 aromatic carbocycles. The normalized spacial score (nSPS) is 36.2. The number of ether oxygens (including phenoxy) is 1. The molecule has 1 aliphatic heterocycles. The van der Waals surface area contributed by atoms with E-state index in [1.807, 2.05) is 0 Å². The average molecular weight is 183 g/mol. The largest absolute Gasteiger partial charge is 0.361 e. The first kappa shape index (κ1) is 9.47. The van der Waals surface area contributed by atoms with Crippen LogP contribution in [0.4, 0.5) is 0 Å². The van der Waals surface area contributed by atoms with Gasteiger partial charge in [-0.15, -0.1) is 0 Å². The lowest BCUT2D eigenvalue weighted by Gasteiger charge is -2.19. The molecule has 1 aliphatic carbocycles. The molecule has 1 saturated heterocycles. The van der Waals surface area contributed by atoms with Gasteiger partial charge in [-0.2, -0.15) is 0 Å². The van der Waals surface area contributed by atoms with E-state index >= 15 is 0 Å². The van der Waals surface area contributed by atoms with Crippen molar-refractivity contribution < 1.29 is 4.74 Å². The Bertz CT molecular complexity index is 163. The van der Waals surface area contributed by atoms with Crippen LogP contribution in [0.3, 0.4) is 0 Å². The number of rotatable bonds is 2. The average Bonchev–Trinajstić information content (AvgIpc) is 2.75. The Hall–Kier alpha value is -0.0800. The van der Waals surface area contributed by atoms with E-state index < -0.39 is 0 Å². The molecule has 0 amide bonds. The van der Waals surface area contributed by atoms with E-state index in [-0.39, 0.29) is 0 Å². The molecule has 2 fully saturated rings. The number of nitrogens with one attached hydrogen (secondary N) is 1. The van der Waals surface area contributed by atoms with Crippen molar-refractivity contribution in [3.63, 3.8) is 0 Å². The van der Waals surface area contributed by atoms with Gasteiger partial charge in [0.2, 0.25) is 0 Å². The van der Waals surface area contributed by atoms with Gasteiger partial charge in [0.15, 0.2) is 0 Å². The van der Waals surface area contributed by atoms with Gasteiger partial charge >= 0.3 is 0 Å². The third kappa shape index (κ3) is 2.05. The van der Waals surface area contributed by atoms with Crippen molar-refractivity contribution in [2.24, 2.45) is 11.8 Å². The van der Waals surface area contributed by atoms with Gasteiger partial charge < -0.3 is 4.74 Å². The maximum absolute atomic E-state index is 5.80. The second-order valence-corrected chi connectivity index (χ2v) is 4.82. The van der Waals surface area contributed by atoms with Gasteiger partial charge in [0, 0.05) is 6.04 Å². The van der Waals surface area contributed by atoms with Gasteiger partial charge in [-0.05, 0) is 24.7 Å². The van der Waals surface area contributed by atoms with E-state index in [2.05, 4.69) is 19.2 Å². The molecule has 1 saturated carbocycles. The number of hydrogen-bond donors (Lipinski definition) is 1. The Kier molecular flexibility index (Phi) is 2.89. The van der Waals surface area contributed by atoms with E-state index in [9.17, 15) is 0 Å². The molecule has 0 radical (unpaired) electrons. The van der Waals surface area contributed by atoms with Crippen molar-refractivity contribution >= 4 is 0 Å². The van der Waals surface area contributed by atoms with Crippen LogP contribution in [0.5, 0.6) is 0 Å². The zero-order chi connectivity index (χ0) is 9.26. The number of hydrogen-bond acceptors (Lipinski definition) is 2. The fourth-order valence-corrected chi connectivity index (χ4v) is 2.43. The van der Waals surface area contributed by atoms with Gasteiger partial charge in [0.25, 0.3) is 0 Å². The predicted octanol–water partition coefficient (Wildman–Crippen LogP) is 2.15. The molecule has 0 bridgehead atoms. The van der Waals surface area contributed by atoms with Crippen molar-refractivity contribution in [1.82, 2.24) is 5.32 Å². The first-order valence-corrected chi connectivity index (χ1v) is 5.65. The highest BCUT2D eigenvalue weighted by Crippen LogP contribution is 2.30. The summed E-state index contributed by atoms with van der Waals surface area (Å²) in [6.07, 6.45) is 5.90. The van der Waals surface area contributed by atoms with Gasteiger partial charge in [-0.3, -0.25) is 5.32 Å². The van der Waals surface area contributed by atoms with Crippen LogP contribution < -0.4 is 5.32 Å². The Balaban J connectivity index is 1.83. The zero-order valence-corrected chi connectivity index (χ0v) is 8.75. The summed E-state index contributed by atoms with van der Waals surface area (Å²) >= 11 is 0. The predicted molar refractivity (Wildman–Crippen MR) is 53.5 cm³/mol.